The Kier molecular flexibility index (Phi) is 4.22. The SMILES string of the molecule is OCC1CC2CC(CC3CCCCC3)CNC2O1. The molecule has 0 bridgehead atoms. The highest BCUT2D eigenvalue weighted by molar-refractivity contribution is 4.88. The molecule has 0 radical (unpaired) electrons. The van der Waals surface area contributed by atoms with Crippen LogP contribution >= 0.6 is 0 Å². The highest BCUT2D eigenvalue weighted by atomic mass is 16.5. The second-order valence-corrected chi connectivity index (χ2v) is 6.61. The van der Waals surface area contributed by atoms with Crippen molar-refractivity contribution >= 4 is 0 Å². The summed E-state index contributed by atoms with van der Waals surface area (Å²) >= 11 is 0. The molecule has 18 heavy (non-hydrogen) atoms. The first-order valence-electron chi connectivity index (χ1n) is 7.85. The van der Waals surface area contributed by atoms with E-state index in [9.17, 15) is 5.11 Å². The Bertz CT molecular complexity index is 265. The smallest absolute Gasteiger partial charge is 0.111 e. The van der Waals surface area contributed by atoms with E-state index in [4.69, 9.17) is 4.74 Å². The third-order valence-corrected chi connectivity index (χ3v) is 5.17. The fourth-order valence-electron chi connectivity index (χ4n) is 4.26. The van der Waals surface area contributed by atoms with Gasteiger partial charge in [0.05, 0.1) is 12.7 Å². The van der Waals surface area contributed by atoms with E-state index in [0.717, 1.165) is 24.8 Å². The molecule has 3 heteroatoms. The van der Waals surface area contributed by atoms with Crippen LogP contribution in [0.5, 0.6) is 0 Å². The standard InChI is InChI=1S/C15H27NO2/c17-10-14-8-13-7-12(9-16-15(13)18-14)6-11-4-2-1-3-5-11/h11-17H,1-10H2. The van der Waals surface area contributed by atoms with E-state index in [1.807, 2.05) is 0 Å². The number of aliphatic hydroxyl groups is 1. The largest absolute Gasteiger partial charge is 0.394 e. The van der Waals surface area contributed by atoms with Crippen LogP contribution in [0.25, 0.3) is 0 Å². The van der Waals surface area contributed by atoms with Gasteiger partial charge in [-0.25, -0.2) is 0 Å². The van der Waals surface area contributed by atoms with Crippen molar-refractivity contribution in [1.82, 2.24) is 5.32 Å². The number of fused-ring (bicyclic) bond motifs is 1. The molecule has 1 aliphatic carbocycles. The molecule has 2 saturated heterocycles. The van der Waals surface area contributed by atoms with Gasteiger partial charge in [-0.15, -0.1) is 0 Å². The molecule has 2 heterocycles. The summed E-state index contributed by atoms with van der Waals surface area (Å²) in [5, 5.41) is 12.7. The number of piperidine rings is 1. The second-order valence-electron chi connectivity index (χ2n) is 6.61. The number of ether oxygens (including phenoxy) is 1. The van der Waals surface area contributed by atoms with E-state index in [2.05, 4.69) is 5.32 Å². The molecule has 2 N–H and O–H groups in total. The molecule has 0 aromatic rings. The first-order chi connectivity index (χ1) is 8.85. The van der Waals surface area contributed by atoms with Crippen molar-refractivity contribution in [3.8, 4) is 0 Å². The summed E-state index contributed by atoms with van der Waals surface area (Å²) in [7, 11) is 0. The molecule has 4 unspecified atom stereocenters. The summed E-state index contributed by atoms with van der Waals surface area (Å²) in [4.78, 5) is 0. The molecule has 4 atom stereocenters. The summed E-state index contributed by atoms with van der Waals surface area (Å²) < 4.78 is 5.79. The van der Waals surface area contributed by atoms with Crippen LogP contribution in [-0.2, 0) is 4.74 Å². The predicted octanol–water partition coefficient (Wildman–Crippen LogP) is 2.29. The Morgan fingerprint density at radius 1 is 1.06 bits per heavy atom. The van der Waals surface area contributed by atoms with Gasteiger partial charge in [-0.1, -0.05) is 32.1 Å². The van der Waals surface area contributed by atoms with Crippen molar-refractivity contribution in [2.24, 2.45) is 17.8 Å². The van der Waals surface area contributed by atoms with E-state index in [0.29, 0.717) is 5.92 Å². The fraction of sp³-hybridized carbons (Fsp3) is 1.00. The zero-order valence-corrected chi connectivity index (χ0v) is 11.3. The van der Waals surface area contributed by atoms with Gasteiger partial charge in [0.2, 0.25) is 0 Å². The van der Waals surface area contributed by atoms with Crippen molar-refractivity contribution < 1.29 is 9.84 Å². The first kappa shape index (κ1) is 12.9. The number of nitrogens with one attached hydrogen (secondary N) is 1. The second kappa shape index (κ2) is 5.89. The minimum absolute atomic E-state index is 0.0842. The zero-order valence-electron chi connectivity index (χ0n) is 11.3. The number of aliphatic hydroxyl groups excluding tert-OH is 1. The monoisotopic (exact) mass is 253 g/mol. The van der Waals surface area contributed by atoms with Crippen LogP contribution in [0.2, 0.25) is 0 Å². The molecule has 0 aromatic heterocycles. The average Bonchev–Trinajstić information content (AvgIpc) is 2.82. The molecule has 0 amide bonds. The van der Waals surface area contributed by atoms with Gasteiger partial charge in [0.15, 0.2) is 0 Å². The lowest BCUT2D eigenvalue weighted by Crippen LogP contribution is -2.44. The highest BCUT2D eigenvalue weighted by Gasteiger charge is 2.39. The summed E-state index contributed by atoms with van der Waals surface area (Å²) in [6.45, 7) is 1.30. The topological polar surface area (TPSA) is 41.5 Å². The lowest BCUT2D eigenvalue weighted by molar-refractivity contribution is -0.0254. The maximum atomic E-state index is 9.19. The maximum absolute atomic E-state index is 9.19. The van der Waals surface area contributed by atoms with Crippen LogP contribution in [0.3, 0.4) is 0 Å². The van der Waals surface area contributed by atoms with Gasteiger partial charge in [0.1, 0.15) is 6.23 Å². The summed E-state index contributed by atoms with van der Waals surface area (Å²) in [6.07, 6.45) is 11.4. The van der Waals surface area contributed by atoms with Crippen LogP contribution < -0.4 is 5.32 Å². The van der Waals surface area contributed by atoms with E-state index >= 15 is 0 Å². The maximum Gasteiger partial charge on any atom is 0.111 e. The molecule has 1 saturated carbocycles. The van der Waals surface area contributed by atoms with Crippen molar-refractivity contribution in [3.05, 3.63) is 0 Å². The third kappa shape index (κ3) is 2.89. The molecule has 3 rings (SSSR count). The van der Waals surface area contributed by atoms with Gasteiger partial charge in [-0.3, -0.25) is 5.32 Å². The third-order valence-electron chi connectivity index (χ3n) is 5.17. The molecule has 3 fully saturated rings. The molecular weight excluding hydrogens is 226 g/mol. The van der Waals surface area contributed by atoms with E-state index in [-0.39, 0.29) is 18.9 Å². The minimum Gasteiger partial charge on any atom is -0.394 e. The Labute approximate surface area is 110 Å². The van der Waals surface area contributed by atoms with Crippen molar-refractivity contribution in [2.75, 3.05) is 13.2 Å². The highest BCUT2D eigenvalue weighted by Crippen LogP contribution is 2.37. The van der Waals surface area contributed by atoms with Crippen LogP contribution in [0, 0.1) is 17.8 Å². The quantitative estimate of drug-likeness (QED) is 0.811. The van der Waals surface area contributed by atoms with E-state index in [1.54, 1.807) is 0 Å². The normalized spacial score (nSPS) is 41.8. The van der Waals surface area contributed by atoms with Crippen LogP contribution in [0.1, 0.15) is 51.4 Å². The molecular formula is C15H27NO2. The van der Waals surface area contributed by atoms with Crippen molar-refractivity contribution in [1.29, 1.82) is 0 Å². The molecule has 3 aliphatic rings. The fourth-order valence-corrected chi connectivity index (χ4v) is 4.26. The Hall–Kier alpha value is -0.120. The van der Waals surface area contributed by atoms with Gasteiger partial charge < -0.3 is 9.84 Å². The average molecular weight is 253 g/mol. The lowest BCUT2D eigenvalue weighted by atomic mass is 9.78. The molecule has 104 valence electrons. The Morgan fingerprint density at radius 3 is 2.67 bits per heavy atom. The van der Waals surface area contributed by atoms with Crippen molar-refractivity contribution in [3.63, 3.8) is 0 Å². The molecule has 3 nitrogen and oxygen atoms in total. The van der Waals surface area contributed by atoms with Crippen molar-refractivity contribution in [2.45, 2.75) is 63.7 Å². The van der Waals surface area contributed by atoms with E-state index in [1.165, 1.54) is 44.9 Å². The first-order valence-corrected chi connectivity index (χ1v) is 7.85. The van der Waals surface area contributed by atoms with Gasteiger partial charge in [-0.2, -0.15) is 0 Å². The van der Waals surface area contributed by atoms with Crippen LogP contribution in [0.15, 0.2) is 0 Å². The number of hydrogen-bond donors (Lipinski definition) is 2. The molecule has 0 spiro atoms. The summed E-state index contributed by atoms with van der Waals surface area (Å²) in [5.74, 6) is 2.47. The van der Waals surface area contributed by atoms with Gasteiger partial charge >= 0.3 is 0 Å². The number of hydrogen-bond acceptors (Lipinski definition) is 3. The van der Waals surface area contributed by atoms with Gasteiger partial charge in [0, 0.05) is 12.5 Å². The Balaban J connectivity index is 1.48. The zero-order chi connectivity index (χ0) is 12.4. The minimum atomic E-state index is 0.0842. The molecule has 2 aliphatic heterocycles. The number of rotatable bonds is 3. The van der Waals surface area contributed by atoms with Gasteiger partial charge in [0.25, 0.3) is 0 Å². The molecule has 0 aromatic carbocycles. The Morgan fingerprint density at radius 2 is 1.89 bits per heavy atom. The summed E-state index contributed by atoms with van der Waals surface area (Å²) in [5.41, 5.74) is 0. The lowest BCUT2D eigenvalue weighted by Gasteiger charge is -2.34. The van der Waals surface area contributed by atoms with E-state index < -0.39 is 0 Å². The van der Waals surface area contributed by atoms with Crippen LogP contribution in [-0.4, -0.2) is 30.6 Å². The van der Waals surface area contributed by atoms with Gasteiger partial charge in [-0.05, 0) is 31.1 Å². The summed E-state index contributed by atoms with van der Waals surface area (Å²) in [6, 6.07) is 0. The van der Waals surface area contributed by atoms with Crippen LogP contribution in [0.4, 0.5) is 0 Å². The predicted molar refractivity (Wildman–Crippen MR) is 71.2 cm³/mol.